The first-order valence-corrected chi connectivity index (χ1v) is 12.4. The summed E-state index contributed by atoms with van der Waals surface area (Å²) in [7, 11) is 1.50. The fourth-order valence-electron chi connectivity index (χ4n) is 2.94. The lowest BCUT2D eigenvalue weighted by Crippen LogP contribution is -2.32. The van der Waals surface area contributed by atoms with Crippen LogP contribution in [0.4, 0.5) is 0 Å². The van der Waals surface area contributed by atoms with E-state index >= 15 is 0 Å². The van der Waals surface area contributed by atoms with Crippen molar-refractivity contribution in [2.75, 3.05) is 20.8 Å². The molecular formula is C24H29O6S2-. The molecule has 0 amide bonds. The summed E-state index contributed by atoms with van der Waals surface area (Å²) in [6, 6.07) is 13.3. The van der Waals surface area contributed by atoms with Gasteiger partial charge in [-0.15, -0.1) is 17.1 Å². The van der Waals surface area contributed by atoms with Crippen molar-refractivity contribution in [1.82, 2.24) is 0 Å². The number of hydrogen-bond acceptors (Lipinski definition) is 8. The van der Waals surface area contributed by atoms with E-state index in [2.05, 4.69) is 0 Å². The molecule has 32 heavy (non-hydrogen) atoms. The van der Waals surface area contributed by atoms with Gasteiger partial charge in [0.2, 0.25) is 0 Å². The summed E-state index contributed by atoms with van der Waals surface area (Å²) in [4.78, 5) is 25.0. The quantitative estimate of drug-likeness (QED) is 0.205. The summed E-state index contributed by atoms with van der Waals surface area (Å²) in [6.45, 7) is 5.52. The minimum atomic E-state index is -1.49. The van der Waals surface area contributed by atoms with E-state index in [4.69, 9.17) is 13.7 Å². The first-order valence-electron chi connectivity index (χ1n) is 10.2. The van der Waals surface area contributed by atoms with Crippen molar-refractivity contribution in [3.63, 3.8) is 0 Å². The molecule has 174 valence electrons. The Morgan fingerprint density at radius 3 is 2.34 bits per heavy atom. The Morgan fingerprint density at radius 1 is 1.09 bits per heavy atom. The molecule has 0 heterocycles. The molecule has 0 aromatic heterocycles. The number of methoxy groups -OCH3 is 1. The van der Waals surface area contributed by atoms with Gasteiger partial charge in [0.15, 0.2) is 11.0 Å². The Kier molecular flexibility index (Phi) is 10.3. The zero-order chi connectivity index (χ0) is 23.7. The standard InChI is InChI=1S/C24H29O6S2/c1-6-30-24(26)23(22(25)16(2)3)31-14-19-11-12-20(28-4)13-21(19)18-9-7-17(8-10-18)15-32(27)29-5/h7-13,15-16,23H,6,14H2,1-5H3/q-1. The molecule has 0 bridgehead atoms. The highest BCUT2D eigenvalue weighted by Gasteiger charge is 2.30. The molecule has 0 saturated heterocycles. The molecule has 0 spiro atoms. The maximum Gasteiger partial charge on any atom is 0.326 e. The van der Waals surface area contributed by atoms with Crippen LogP contribution in [0.2, 0.25) is 0 Å². The second-order valence-corrected chi connectivity index (χ2v) is 9.37. The van der Waals surface area contributed by atoms with Gasteiger partial charge in [-0.2, -0.15) is 10.7 Å². The summed E-state index contributed by atoms with van der Waals surface area (Å²) < 4.78 is 26.9. The highest BCUT2D eigenvalue weighted by molar-refractivity contribution is 8.00. The van der Waals surface area contributed by atoms with Crippen molar-refractivity contribution in [1.29, 1.82) is 0 Å². The molecule has 2 rings (SSSR count). The Hall–Kier alpha value is -2.29. The van der Waals surface area contributed by atoms with Crippen LogP contribution in [0.1, 0.15) is 31.9 Å². The van der Waals surface area contributed by atoms with E-state index in [1.54, 1.807) is 27.9 Å². The molecule has 0 aliphatic heterocycles. The smallest absolute Gasteiger partial charge is 0.326 e. The highest BCUT2D eigenvalue weighted by Crippen LogP contribution is 2.32. The number of Topliss-reactive ketones (excluding diaryl/α,β-unsaturated/α-hetero) is 1. The van der Waals surface area contributed by atoms with Gasteiger partial charge in [-0.25, -0.2) is 0 Å². The highest BCUT2D eigenvalue weighted by atomic mass is 32.2. The molecule has 2 aromatic carbocycles. The van der Waals surface area contributed by atoms with Crippen LogP contribution >= 0.6 is 11.8 Å². The molecule has 8 heteroatoms. The number of benzene rings is 2. The number of ketones is 1. The number of hydrogen-bond donors (Lipinski definition) is 0. The van der Waals surface area contributed by atoms with Crippen LogP contribution in [-0.4, -0.2) is 43.2 Å². The Balaban J connectivity index is 2.35. The average Bonchev–Trinajstić information content (AvgIpc) is 2.79. The third kappa shape index (κ3) is 7.12. The van der Waals surface area contributed by atoms with Crippen molar-refractivity contribution in [3.8, 4) is 16.9 Å². The molecule has 1 atom stereocenters. The van der Waals surface area contributed by atoms with Crippen LogP contribution in [0.25, 0.3) is 11.1 Å². The van der Waals surface area contributed by atoms with E-state index in [-0.39, 0.29) is 18.3 Å². The number of esters is 1. The molecule has 2 aromatic rings. The number of carbonyl (C=O) groups is 2. The van der Waals surface area contributed by atoms with E-state index in [1.165, 1.54) is 24.2 Å². The predicted molar refractivity (Wildman–Crippen MR) is 130 cm³/mol. The lowest BCUT2D eigenvalue weighted by molar-refractivity contribution is -0.145. The lowest BCUT2D eigenvalue weighted by atomic mass is 9.99. The van der Waals surface area contributed by atoms with Gasteiger partial charge in [-0.1, -0.05) is 44.2 Å². The Bertz CT molecular complexity index is 1010. The zero-order valence-corrected chi connectivity index (χ0v) is 20.6. The minimum Gasteiger partial charge on any atom is -0.497 e. The SMILES string of the molecule is CCOC(=O)C(SCc1ccc(OC)cc1-c1ccc(/C=[S-](=O)/OC)cc1)C(=O)C(C)C. The Morgan fingerprint density at radius 2 is 1.78 bits per heavy atom. The van der Waals surface area contributed by atoms with Crippen LogP contribution in [0.5, 0.6) is 5.75 Å². The van der Waals surface area contributed by atoms with Crippen molar-refractivity contribution >= 4 is 39.6 Å². The second-order valence-electron chi connectivity index (χ2n) is 7.19. The van der Waals surface area contributed by atoms with E-state index in [0.717, 1.165) is 22.3 Å². The van der Waals surface area contributed by atoms with E-state index in [0.29, 0.717) is 11.5 Å². The fraction of sp³-hybridized carbons (Fsp3) is 0.375. The normalized spacial score (nSPS) is 13.1. The van der Waals surface area contributed by atoms with Crippen LogP contribution in [0, 0.1) is 5.92 Å². The van der Waals surface area contributed by atoms with Crippen molar-refractivity contribution in [2.45, 2.75) is 31.8 Å². The minimum absolute atomic E-state index is 0.144. The molecule has 0 saturated carbocycles. The monoisotopic (exact) mass is 477 g/mol. The summed E-state index contributed by atoms with van der Waals surface area (Å²) in [5, 5.41) is 0.652. The molecule has 0 aliphatic rings. The summed E-state index contributed by atoms with van der Waals surface area (Å²) >= 11 is 1.27. The second kappa shape index (κ2) is 12.7. The van der Waals surface area contributed by atoms with Crippen molar-refractivity contribution < 1.29 is 27.5 Å². The third-order valence-electron chi connectivity index (χ3n) is 4.67. The van der Waals surface area contributed by atoms with Gasteiger partial charge in [0.05, 0.1) is 13.7 Å². The van der Waals surface area contributed by atoms with E-state index in [9.17, 15) is 13.8 Å². The first kappa shape index (κ1) is 26.0. The zero-order valence-electron chi connectivity index (χ0n) is 19.0. The first-order chi connectivity index (χ1) is 15.3. The molecule has 6 nitrogen and oxygen atoms in total. The topological polar surface area (TPSA) is 78.9 Å². The summed E-state index contributed by atoms with van der Waals surface area (Å²) in [5.41, 5.74) is 3.59. The van der Waals surface area contributed by atoms with Gasteiger partial charge >= 0.3 is 5.97 Å². The molecule has 0 fully saturated rings. The lowest BCUT2D eigenvalue weighted by Gasteiger charge is -2.18. The molecule has 0 aliphatic carbocycles. The third-order valence-corrected chi connectivity index (χ3v) is 6.70. The number of ether oxygens (including phenoxy) is 2. The van der Waals surface area contributed by atoms with Gasteiger partial charge in [0.25, 0.3) is 0 Å². The summed E-state index contributed by atoms with van der Waals surface area (Å²) in [6.07, 6.45) is 0. The van der Waals surface area contributed by atoms with Crippen LogP contribution in [0.15, 0.2) is 42.5 Å². The van der Waals surface area contributed by atoms with Gasteiger partial charge in [0, 0.05) is 18.8 Å². The largest absolute Gasteiger partial charge is 0.497 e. The summed E-state index contributed by atoms with van der Waals surface area (Å²) in [5.74, 6) is 0.230. The molecular weight excluding hydrogens is 448 g/mol. The van der Waals surface area contributed by atoms with Crippen LogP contribution in [0.3, 0.4) is 0 Å². The van der Waals surface area contributed by atoms with Gasteiger partial charge in [-0.05, 0) is 41.3 Å². The van der Waals surface area contributed by atoms with Crippen LogP contribution < -0.4 is 4.74 Å². The molecule has 0 radical (unpaired) electrons. The van der Waals surface area contributed by atoms with E-state index in [1.807, 2.05) is 42.5 Å². The van der Waals surface area contributed by atoms with Gasteiger partial charge in [0.1, 0.15) is 5.75 Å². The van der Waals surface area contributed by atoms with Crippen molar-refractivity contribution in [3.05, 3.63) is 53.6 Å². The fourth-order valence-corrected chi connectivity index (χ4v) is 4.65. The Labute approximate surface area is 195 Å². The maximum absolute atomic E-state index is 12.6. The van der Waals surface area contributed by atoms with Gasteiger partial charge in [-0.3, -0.25) is 9.59 Å². The number of thioether (sulfide) groups is 1. The predicted octanol–water partition coefficient (Wildman–Crippen LogP) is 4.43. The molecule has 0 N–H and O–H groups in total. The van der Waals surface area contributed by atoms with Gasteiger partial charge < -0.3 is 17.9 Å². The van der Waals surface area contributed by atoms with Crippen molar-refractivity contribution in [2.24, 2.45) is 5.92 Å². The van der Waals surface area contributed by atoms with E-state index < -0.39 is 21.9 Å². The maximum atomic E-state index is 12.6. The average molecular weight is 478 g/mol. The molecule has 1 unspecified atom stereocenters. The number of carbonyl (C=O) groups excluding carboxylic acids is 2. The number of rotatable bonds is 11. The van der Waals surface area contributed by atoms with Crippen LogP contribution in [-0.2, 0) is 39.1 Å².